The van der Waals surface area contributed by atoms with Gasteiger partial charge in [-0.05, 0) is 101 Å². The standard InChI is InChI=1S/C35H48N4O/c1-7-25-14-11-15-26(8-2)32(25)33-36-24(3)30(34(37-33)39-21-19-28(20-22-39)35(4,5)40)23-38(6)31-18-12-16-27-13-9-10-17-29(27)31/h9-11,13-15,17,28,31,40H,7-8,12,16,18-23H2,1-6H3. The Bertz CT molecular complexity index is 1300. The first-order valence-electron chi connectivity index (χ1n) is 15.4. The smallest absolute Gasteiger partial charge is 0.162 e. The lowest BCUT2D eigenvalue weighted by atomic mass is 9.83. The zero-order valence-electron chi connectivity index (χ0n) is 25.5. The van der Waals surface area contributed by atoms with Gasteiger partial charge in [0.1, 0.15) is 5.82 Å². The highest BCUT2D eigenvalue weighted by atomic mass is 16.3. The number of hydrogen-bond donors (Lipinski definition) is 1. The van der Waals surface area contributed by atoms with E-state index in [1.54, 1.807) is 0 Å². The summed E-state index contributed by atoms with van der Waals surface area (Å²) in [7, 11) is 2.27. The van der Waals surface area contributed by atoms with Crippen molar-refractivity contribution in [3.63, 3.8) is 0 Å². The summed E-state index contributed by atoms with van der Waals surface area (Å²) in [5, 5.41) is 10.7. The van der Waals surface area contributed by atoms with Crippen LogP contribution in [0.5, 0.6) is 0 Å². The molecule has 1 aromatic heterocycles. The van der Waals surface area contributed by atoms with E-state index in [1.165, 1.54) is 52.6 Å². The molecule has 1 aliphatic heterocycles. The fourth-order valence-corrected chi connectivity index (χ4v) is 7.01. The minimum atomic E-state index is -0.646. The summed E-state index contributed by atoms with van der Waals surface area (Å²) in [4.78, 5) is 15.6. The van der Waals surface area contributed by atoms with E-state index in [9.17, 15) is 5.11 Å². The highest BCUT2D eigenvalue weighted by molar-refractivity contribution is 5.68. The van der Waals surface area contributed by atoms with Crippen LogP contribution in [0.15, 0.2) is 42.5 Å². The topological polar surface area (TPSA) is 52.5 Å². The van der Waals surface area contributed by atoms with Gasteiger partial charge in [-0.3, -0.25) is 4.90 Å². The number of anilines is 1. The Balaban J connectivity index is 1.55. The average molecular weight is 541 g/mol. The van der Waals surface area contributed by atoms with Crippen molar-refractivity contribution < 1.29 is 5.11 Å². The number of aliphatic hydroxyl groups is 1. The molecule has 214 valence electrons. The molecule has 2 aromatic carbocycles. The number of nitrogens with zero attached hydrogens (tertiary/aromatic N) is 4. The quantitative estimate of drug-likeness (QED) is 0.331. The highest BCUT2D eigenvalue weighted by Crippen LogP contribution is 2.38. The SMILES string of the molecule is CCc1cccc(CC)c1-c1nc(C)c(CN(C)C2CCCc3ccccc32)c(N2CCC(C(C)(C)O)CC2)n1. The summed E-state index contributed by atoms with van der Waals surface area (Å²) < 4.78 is 0. The molecule has 1 atom stereocenters. The van der Waals surface area contributed by atoms with Crippen molar-refractivity contribution in [2.45, 2.75) is 97.8 Å². The van der Waals surface area contributed by atoms with Crippen LogP contribution in [0.3, 0.4) is 0 Å². The Morgan fingerprint density at radius 3 is 2.27 bits per heavy atom. The summed E-state index contributed by atoms with van der Waals surface area (Å²) in [5.74, 6) is 2.25. The van der Waals surface area contributed by atoms with Crippen LogP contribution in [-0.2, 0) is 25.8 Å². The van der Waals surface area contributed by atoms with Crippen LogP contribution >= 0.6 is 0 Å². The molecule has 5 rings (SSSR count). The number of rotatable bonds is 8. The minimum absolute atomic E-state index is 0.309. The van der Waals surface area contributed by atoms with E-state index in [0.717, 1.165) is 62.7 Å². The van der Waals surface area contributed by atoms with E-state index in [0.29, 0.717) is 12.0 Å². The maximum absolute atomic E-state index is 10.7. The molecule has 0 spiro atoms. The molecule has 5 nitrogen and oxygen atoms in total. The van der Waals surface area contributed by atoms with Crippen LogP contribution in [0.2, 0.25) is 0 Å². The molecular formula is C35H48N4O. The predicted molar refractivity (Wildman–Crippen MR) is 166 cm³/mol. The molecule has 0 radical (unpaired) electrons. The predicted octanol–water partition coefficient (Wildman–Crippen LogP) is 7.07. The van der Waals surface area contributed by atoms with E-state index in [-0.39, 0.29) is 0 Å². The molecule has 0 amide bonds. The molecule has 1 fully saturated rings. The van der Waals surface area contributed by atoms with Crippen molar-refractivity contribution in [1.29, 1.82) is 0 Å². The third kappa shape index (κ3) is 5.82. The van der Waals surface area contributed by atoms with Gasteiger partial charge in [-0.15, -0.1) is 0 Å². The second-order valence-electron chi connectivity index (χ2n) is 12.5. The van der Waals surface area contributed by atoms with Gasteiger partial charge in [0.2, 0.25) is 0 Å². The molecule has 5 heteroatoms. The fourth-order valence-electron chi connectivity index (χ4n) is 7.01. The summed E-state index contributed by atoms with van der Waals surface area (Å²) in [6.45, 7) is 13.2. The first kappa shape index (κ1) is 28.8. The van der Waals surface area contributed by atoms with E-state index >= 15 is 0 Å². The van der Waals surface area contributed by atoms with Gasteiger partial charge in [-0.2, -0.15) is 0 Å². The van der Waals surface area contributed by atoms with E-state index in [2.05, 4.69) is 80.1 Å². The van der Waals surface area contributed by atoms with Crippen LogP contribution in [-0.4, -0.2) is 45.7 Å². The van der Waals surface area contributed by atoms with E-state index in [4.69, 9.17) is 9.97 Å². The Labute approximate surface area is 241 Å². The lowest BCUT2D eigenvalue weighted by molar-refractivity contribution is 0.00643. The highest BCUT2D eigenvalue weighted by Gasteiger charge is 2.33. The zero-order valence-corrected chi connectivity index (χ0v) is 25.5. The molecule has 2 aliphatic rings. The van der Waals surface area contributed by atoms with Crippen molar-refractivity contribution >= 4 is 5.82 Å². The van der Waals surface area contributed by atoms with Crippen molar-refractivity contribution in [3.05, 3.63) is 76.0 Å². The summed E-state index contributed by atoms with van der Waals surface area (Å²) >= 11 is 0. The van der Waals surface area contributed by atoms with E-state index in [1.807, 2.05) is 13.8 Å². The largest absolute Gasteiger partial charge is 0.390 e. The third-order valence-electron chi connectivity index (χ3n) is 9.49. The molecule has 0 bridgehead atoms. The van der Waals surface area contributed by atoms with Crippen LogP contribution < -0.4 is 4.90 Å². The third-order valence-corrected chi connectivity index (χ3v) is 9.49. The van der Waals surface area contributed by atoms with Crippen LogP contribution in [0.25, 0.3) is 11.4 Å². The molecule has 3 aromatic rings. The average Bonchev–Trinajstić information content (AvgIpc) is 2.96. The van der Waals surface area contributed by atoms with Crippen LogP contribution in [0.1, 0.15) is 92.9 Å². The molecule has 1 saturated heterocycles. The first-order chi connectivity index (χ1) is 19.2. The van der Waals surface area contributed by atoms with Gasteiger partial charge >= 0.3 is 0 Å². The Hall–Kier alpha value is -2.76. The van der Waals surface area contributed by atoms with Gasteiger partial charge < -0.3 is 10.0 Å². The van der Waals surface area contributed by atoms with Gasteiger partial charge in [-0.25, -0.2) is 9.97 Å². The molecule has 1 aliphatic carbocycles. The molecule has 1 unspecified atom stereocenters. The molecule has 0 saturated carbocycles. The van der Waals surface area contributed by atoms with Crippen LogP contribution in [0.4, 0.5) is 5.82 Å². The van der Waals surface area contributed by atoms with E-state index < -0.39 is 5.60 Å². The zero-order chi connectivity index (χ0) is 28.4. The van der Waals surface area contributed by atoms with Gasteiger partial charge in [0.05, 0.1) is 5.60 Å². The number of aryl methyl sites for hydroxylation is 4. The van der Waals surface area contributed by atoms with Gasteiger partial charge in [-0.1, -0.05) is 56.3 Å². The lowest BCUT2D eigenvalue weighted by Crippen LogP contribution is -2.43. The second kappa shape index (κ2) is 12.0. The maximum atomic E-state index is 10.7. The Kier molecular flexibility index (Phi) is 8.63. The number of hydrogen-bond acceptors (Lipinski definition) is 5. The van der Waals surface area contributed by atoms with Crippen LogP contribution in [0, 0.1) is 12.8 Å². The Morgan fingerprint density at radius 1 is 0.950 bits per heavy atom. The maximum Gasteiger partial charge on any atom is 0.162 e. The van der Waals surface area contributed by atoms with Crippen molar-refractivity contribution in [1.82, 2.24) is 14.9 Å². The fraction of sp³-hybridized carbons (Fsp3) is 0.543. The number of piperidine rings is 1. The molecule has 1 N–H and O–H groups in total. The number of aromatic nitrogens is 2. The lowest BCUT2D eigenvalue weighted by Gasteiger charge is -2.40. The van der Waals surface area contributed by atoms with Crippen molar-refractivity contribution in [2.75, 3.05) is 25.0 Å². The normalized spacial score (nSPS) is 18.3. The number of benzene rings is 2. The van der Waals surface area contributed by atoms with Gasteiger partial charge in [0.15, 0.2) is 5.82 Å². The van der Waals surface area contributed by atoms with Gasteiger partial charge in [0, 0.05) is 42.5 Å². The van der Waals surface area contributed by atoms with Gasteiger partial charge in [0.25, 0.3) is 0 Å². The Morgan fingerprint density at radius 2 is 1.62 bits per heavy atom. The van der Waals surface area contributed by atoms with Crippen molar-refractivity contribution in [2.24, 2.45) is 5.92 Å². The molecule has 2 heterocycles. The molecular weight excluding hydrogens is 492 g/mol. The summed E-state index contributed by atoms with van der Waals surface area (Å²) in [5.41, 5.74) is 8.48. The minimum Gasteiger partial charge on any atom is -0.390 e. The summed E-state index contributed by atoms with van der Waals surface area (Å²) in [6, 6.07) is 16.0. The monoisotopic (exact) mass is 540 g/mol. The number of fused-ring (bicyclic) bond motifs is 1. The van der Waals surface area contributed by atoms with Crippen molar-refractivity contribution in [3.8, 4) is 11.4 Å². The molecule has 40 heavy (non-hydrogen) atoms. The second-order valence-corrected chi connectivity index (χ2v) is 12.5. The first-order valence-corrected chi connectivity index (χ1v) is 15.4. The summed E-state index contributed by atoms with van der Waals surface area (Å²) in [6.07, 6.45) is 7.45.